The molecule has 0 unspecified atom stereocenters. The van der Waals surface area contributed by atoms with Gasteiger partial charge in [0.1, 0.15) is 0 Å². The highest BCUT2D eigenvalue weighted by molar-refractivity contribution is 5.60. The van der Waals surface area contributed by atoms with Gasteiger partial charge < -0.3 is 9.80 Å². The Balaban J connectivity index is 1.56. The quantitative estimate of drug-likeness (QED) is 0.786. The van der Waals surface area contributed by atoms with Crippen molar-refractivity contribution in [3.63, 3.8) is 0 Å². The Morgan fingerprint density at radius 1 is 0.840 bits per heavy atom. The molecule has 2 fully saturated rings. The summed E-state index contributed by atoms with van der Waals surface area (Å²) in [7, 11) is 0. The van der Waals surface area contributed by atoms with Gasteiger partial charge in [0, 0.05) is 69.8 Å². The van der Waals surface area contributed by atoms with E-state index in [-0.39, 0.29) is 0 Å². The molecule has 3 rings (SSSR count). The second kappa shape index (κ2) is 8.91. The Morgan fingerprint density at radius 2 is 1.40 bits per heavy atom. The van der Waals surface area contributed by atoms with Gasteiger partial charge in [-0.05, 0) is 45.0 Å². The molecule has 0 aliphatic carbocycles. The van der Waals surface area contributed by atoms with Crippen LogP contribution in [-0.2, 0) is 0 Å². The topological polar surface area (TPSA) is 13.0 Å². The third kappa shape index (κ3) is 4.89. The number of rotatable bonds is 6. The number of piperazine rings is 2. The highest BCUT2D eigenvalue weighted by Gasteiger charge is 2.21. The molecule has 0 atom stereocenters. The van der Waals surface area contributed by atoms with Gasteiger partial charge in [-0.25, -0.2) is 0 Å². The van der Waals surface area contributed by atoms with Gasteiger partial charge in [0.25, 0.3) is 0 Å². The van der Waals surface area contributed by atoms with E-state index in [0.717, 1.165) is 26.2 Å². The van der Waals surface area contributed by atoms with E-state index in [0.29, 0.717) is 6.04 Å². The highest BCUT2D eigenvalue weighted by atomic mass is 15.3. The van der Waals surface area contributed by atoms with Crippen molar-refractivity contribution in [2.75, 3.05) is 68.7 Å². The standard InChI is InChI=1S/C21H36N4/c1-4-5-9-22-10-12-24(13-11-22)20-7-6-8-21(18-20)25-16-14-23(15-17-25)19(2)3/h6-8,18-19H,4-5,9-17H2,1-3H3. The molecule has 2 aliphatic heterocycles. The van der Waals surface area contributed by atoms with Crippen LogP contribution >= 0.6 is 0 Å². The summed E-state index contributed by atoms with van der Waals surface area (Å²) in [5.74, 6) is 0. The Labute approximate surface area is 154 Å². The Morgan fingerprint density at radius 3 is 1.92 bits per heavy atom. The van der Waals surface area contributed by atoms with Crippen LogP contribution < -0.4 is 9.80 Å². The number of benzene rings is 1. The smallest absolute Gasteiger partial charge is 0.0387 e. The molecule has 4 heteroatoms. The minimum absolute atomic E-state index is 0.664. The second-order valence-corrected chi connectivity index (χ2v) is 7.82. The van der Waals surface area contributed by atoms with Crippen molar-refractivity contribution >= 4 is 11.4 Å². The van der Waals surface area contributed by atoms with Crippen LogP contribution in [0.15, 0.2) is 24.3 Å². The van der Waals surface area contributed by atoms with Crippen molar-refractivity contribution in [1.82, 2.24) is 9.80 Å². The predicted molar refractivity (Wildman–Crippen MR) is 109 cm³/mol. The number of anilines is 2. The molecule has 2 aliphatic rings. The van der Waals surface area contributed by atoms with Gasteiger partial charge in [-0.1, -0.05) is 19.4 Å². The zero-order chi connectivity index (χ0) is 17.6. The third-order valence-electron chi connectivity index (χ3n) is 5.80. The van der Waals surface area contributed by atoms with Crippen LogP contribution in [0.25, 0.3) is 0 Å². The molecule has 2 heterocycles. The van der Waals surface area contributed by atoms with Crippen molar-refractivity contribution in [2.45, 2.75) is 39.7 Å². The summed E-state index contributed by atoms with van der Waals surface area (Å²) in [5.41, 5.74) is 2.80. The van der Waals surface area contributed by atoms with Crippen LogP contribution in [-0.4, -0.2) is 74.7 Å². The number of nitrogens with zero attached hydrogens (tertiary/aromatic N) is 4. The van der Waals surface area contributed by atoms with E-state index < -0.39 is 0 Å². The Bertz CT molecular complexity index is 514. The Kier molecular flexibility index (Phi) is 6.60. The first-order valence-corrected chi connectivity index (χ1v) is 10.2. The SMILES string of the molecule is CCCCN1CCN(c2cccc(N3CCN(C(C)C)CC3)c2)CC1. The maximum absolute atomic E-state index is 2.62. The largest absolute Gasteiger partial charge is 0.369 e. The zero-order valence-electron chi connectivity index (χ0n) is 16.5. The Hall–Kier alpha value is -1.26. The highest BCUT2D eigenvalue weighted by Crippen LogP contribution is 2.25. The van der Waals surface area contributed by atoms with Crippen LogP contribution in [0.5, 0.6) is 0 Å². The van der Waals surface area contributed by atoms with Gasteiger partial charge >= 0.3 is 0 Å². The fourth-order valence-corrected chi connectivity index (χ4v) is 3.99. The maximum Gasteiger partial charge on any atom is 0.0387 e. The predicted octanol–water partition coefficient (Wildman–Crippen LogP) is 3.14. The number of hydrogen-bond donors (Lipinski definition) is 0. The van der Waals surface area contributed by atoms with E-state index in [4.69, 9.17) is 0 Å². The molecule has 0 aromatic heterocycles. The van der Waals surface area contributed by atoms with Gasteiger partial charge in [0.15, 0.2) is 0 Å². The summed E-state index contributed by atoms with van der Waals surface area (Å²) in [6, 6.07) is 9.88. The molecule has 2 saturated heterocycles. The molecule has 0 radical (unpaired) electrons. The summed E-state index contributed by atoms with van der Waals surface area (Å²) in [4.78, 5) is 10.3. The van der Waals surface area contributed by atoms with Crippen LogP contribution in [0, 0.1) is 0 Å². The fourth-order valence-electron chi connectivity index (χ4n) is 3.99. The first-order valence-electron chi connectivity index (χ1n) is 10.2. The normalized spacial score (nSPS) is 20.5. The first kappa shape index (κ1) is 18.5. The van der Waals surface area contributed by atoms with Crippen LogP contribution in [0.2, 0.25) is 0 Å². The lowest BCUT2D eigenvalue weighted by Gasteiger charge is -2.39. The fraction of sp³-hybridized carbons (Fsp3) is 0.714. The van der Waals surface area contributed by atoms with Gasteiger partial charge in [0.2, 0.25) is 0 Å². The van der Waals surface area contributed by atoms with Gasteiger partial charge in [-0.15, -0.1) is 0 Å². The van der Waals surface area contributed by atoms with Crippen molar-refractivity contribution in [3.05, 3.63) is 24.3 Å². The molecule has 0 spiro atoms. The van der Waals surface area contributed by atoms with Crippen molar-refractivity contribution in [3.8, 4) is 0 Å². The summed E-state index contributed by atoms with van der Waals surface area (Å²) >= 11 is 0. The van der Waals surface area contributed by atoms with E-state index in [2.05, 4.69) is 64.6 Å². The maximum atomic E-state index is 2.62. The lowest BCUT2D eigenvalue weighted by molar-refractivity contribution is 0.209. The molecule has 140 valence electrons. The van der Waals surface area contributed by atoms with Crippen molar-refractivity contribution in [1.29, 1.82) is 0 Å². The van der Waals surface area contributed by atoms with Gasteiger partial charge in [0.05, 0.1) is 0 Å². The van der Waals surface area contributed by atoms with Crippen LogP contribution in [0.3, 0.4) is 0 Å². The van der Waals surface area contributed by atoms with Crippen molar-refractivity contribution < 1.29 is 0 Å². The van der Waals surface area contributed by atoms with E-state index in [1.165, 1.54) is 56.9 Å². The molecule has 25 heavy (non-hydrogen) atoms. The molecule has 0 amide bonds. The minimum Gasteiger partial charge on any atom is -0.369 e. The molecular formula is C21H36N4. The molecule has 1 aromatic rings. The van der Waals surface area contributed by atoms with E-state index >= 15 is 0 Å². The molecule has 0 N–H and O–H groups in total. The lowest BCUT2D eigenvalue weighted by Crippen LogP contribution is -2.49. The minimum atomic E-state index is 0.664. The number of hydrogen-bond acceptors (Lipinski definition) is 4. The second-order valence-electron chi connectivity index (χ2n) is 7.82. The molecule has 4 nitrogen and oxygen atoms in total. The summed E-state index contributed by atoms with van der Waals surface area (Å²) in [5, 5.41) is 0. The molecule has 0 saturated carbocycles. The summed E-state index contributed by atoms with van der Waals surface area (Å²) in [6.07, 6.45) is 2.63. The lowest BCUT2D eigenvalue weighted by atomic mass is 10.2. The van der Waals surface area contributed by atoms with Gasteiger partial charge in [-0.3, -0.25) is 9.80 Å². The summed E-state index contributed by atoms with van der Waals surface area (Å²) < 4.78 is 0. The van der Waals surface area contributed by atoms with Gasteiger partial charge in [-0.2, -0.15) is 0 Å². The molecule has 0 bridgehead atoms. The first-order chi connectivity index (χ1) is 12.2. The van der Waals surface area contributed by atoms with Crippen LogP contribution in [0.4, 0.5) is 11.4 Å². The van der Waals surface area contributed by atoms with E-state index in [9.17, 15) is 0 Å². The van der Waals surface area contributed by atoms with Crippen molar-refractivity contribution in [2.24, 2.45) is 0 Å². The van der Waals surface area contributed by atoms with E-state index in [1.807, 2.05) is 0 Å². The average molecular weight is 345 g/mol. The summed E-state index contributed by atoms with van der Waals surface area (Å²) in [6.45, 7) is 17.5. The number of unbranched alkanes of at least 4 members (excludes halogenated alkanes) is 1. The zero-order valence-corrected chi connectivity index (χ0v) is 16.5. The monoisotopic (exact) mass is 344 g/mol. The molecular weight excluding hydrogens is 308 g/mol. The average Bonchev–Trinajstić information content (AvgIpc) is 2.67. The third-order valence-corrected chi connectivity index (χ3v) is 5.80. The van der Waals surface area contributed by atoms with Crippen LogP contribution in [0.1, 0.15) is 33.6 Å². The van der Waals surface area contributed by atoms with E-state index in [1.54, 1.807) is 0 Å². The molecule has 1 aromatic carbocycles.